The van der Waals surface area contributed by atoms with E-state index in [4.69, 9.17) is 4.74 Å². The molecule has 1 aromatic rings. The van der Waals surface area contributed by atoms with Crippen molar-refractivity contribution in [1.82, 2.24) is 14.7 Å². The summed E-state index contributed by atoms with van der Waals surface area (Å²) in [5.41, 5.74) is 1.82. The molecule has 0 amide bonds. The van der Waals surface area contributed by atoms with Gasteiger partial charge < -0.3 is 9.64 Å². The van der Waals surface area contributed by atoms with Crippen molar-refractivity contribution in [3.63, 3.8) is 0 Å². The Morgan fingerprint density at radius 2 is 2.30 bits per heavy atom. The third-order valence-corrected chi connectivity index (χ3v) is 5.44. The summed E-state index contributed by atoms with van der Waals surface area (Å²) in [6.07, 6.45) is 11.0. The summed E-state index contributed by atoms with van der Waals surface area (Å²) >= 11 is 0. The second kappa shape index (κ2) is 5.49. The summed E-state index contributed by atoms with van der Waals surface area (Å²) in [4.78, 5) is 2.56. The van der Waals surface area contributed by atoms with Crippen molar-refractivity contribution < 1.29 is 4.74 Å². The van der Waals surface area contributed by atoms with Gasteiger partial charge in [0, 0.05) is 37.9 Å². The number of likely N-dealkylation sites (N-methyl/N-ethyl adjacent to an activating group) is 1. The lowest BCUT2D eigenvalue weighted by atomic mass is 9.50. The highest BCUT2D eigenvalue weighted by atomic mass is 16.5. The van der Waals surface area contributed by atoms with E-state index in [-0.39, 0.29) is 0 Å². The van der Waals surface area contributed by atoms with Gasteiger partial charge in [-0.2, -0.15) is 5.10 Å². The van der Waals surface area contributed by atoms with E-state index in [0.29, 0.717) is 11.5 Å². The van der Waals surface area contributed by atoms with Gasteiger partial charge in [-0.3, -0.25) is 4.68 Å². The van der Waals surface area contributed by atoms with E-state index in [2.05, 4.69) is 30.2 Å². The molecule has 1 aromatic heterocycles. The number of aromatic nitrogens is 2. The van der Waals surface area contributed by atoms with E-state index in [1.165, 1.54) is 31.2 Å². The minimum absolute atomic E-state index is 0.486. The van der Waals surface area contributed by atoms with Gasteiger partial charge >= 0.3 is 0 Å². The second-order valence-electron chi connectivity index (χ2n) is 6.54. The zero-order valence-corrected chi connectivity index (χ0v) is 13.0. The maximum Gasteiger partial charge on any atom is 0.0661 e. The average Bonchev–Trinajstić information content (AvgIpc) is 2.75. The number of rotatable bonds is 6. The zero-order chi connectivity index (χ0) is 14.2. The molecule has 0 bridgehead atoms. The Labute approximate surface area is 122 Å². The highest BCUT2D eigenvalue weighted by Crippen LogP contribution is 2.58. The van der Waals surface area contributed by atoms with Gasteiger partial charge in [-0.15, -0.1) is 0 Å². The van der Waals surface area contributed by atoms with Crippen molar-refractivity contribution in [2.75, 3.05) is 20.2 Å². The van der Waals surface area contributed by atoms with Crippen LogP contribution in [0, 0.1) is 5.41 Å². The molecule has 2 aliphatic carbocycles. The molecule has 1 spiro atoms. The molecule has 20 heavy (non-hydrogen) atoms. The lowest BCUT2D eigenvalue weighted by molar-refractivity contribution is -0.199. The zero-order valence-electron chi connectivity index (χ0n) is 13.0. The van der Waals surface area contributed by atoms with Gasteiger partial charge in [-0.25, -0.2) is 0 Å². The predicted octanol–water partition coefficient (Wildman–Crippen LogP) is 2.24. The van der Waals surface area contributed by atoms with Crippen molar-refractivity contribution in [3.05, 3.63) is 18.0 Å². The van der Waals surface area contributed by atoms with E-state index >= 15 is 0 Å². The fraction of sp³-hybridized carbons (Fsp3) is 0.812. The van der Waals surface area contributed by atoms with E-state index in [9.17, 15) is 0 Å². The fourth-order valence-corrected chi connectivity index (χ4v) is 4.08. The summed E-state index contributed by atoms with van der Waals surface area (Å²) in [5, 5.41) is 4.24. The largest absolute Gasteiger partial charge is 0.378 e. The Bertz CT molecular complexity index is 452. The van der Waals surface area contributed by atoms with Crippen molar-refractivity contribution in [2.24, 2.45) is 12.5 Å². The molecule has 0 saturated heterocycles. The SMILES string of the molecule is CCO[C@@H]1C[C@@H](N(C)CCc2cnn(C)c2)C12CCC2. The van der Waals surface area contributed by atoms with Gasteiger partial charge in [-0.1, -0.05) is 6.42 Å². The molecular formula is C16H27N3O. The molecule has 112 valence electrons. The van der Waals surface area contributed by atoms with E-state index in [1.54, 1.807) is 0 Å². The molecule has 1 heterocycles. The Morgan fingerprint density at radius 1 is 1.50 bits per heavy atom. The third-order valence-electron chi connectivity index (χ3n) is 5.44. The quantitative estimate of drug-likeness (QED) is 0.799. The van der Waals surface area contributed by atoms with Crippen molar-refractivity contribution in [1.29, 1.82) is 0 Å². The van der Waals surface area contributed by atoms with Crippen LogP contribution in [-0.2, 0) is 18.2 Å². The van der Waals surface area contributed by atoms with Crippen LogP contribution in [0.5, 0.6) is 0 Å². The molecule has 4 heteroatoms. The van der Waals surface area contributed by atoms with Crippen LogP contribution in [0.2, 0.25) is 0 Å². The van der Waals surface area contributed by atoms with Gasteiger partial charge in [0.2, 0.25) is 0 Å². The predicted molar refractivity (Wildman–Crippen MR) is 79.6 cm³/mol. The molecule has 0 aliphatic heterocycles. The molecule has 4 nitrogen and oxygen atoms in total. The average molecular weight is 277 g/mol. The molecular weight excluding hydrogens is 250 g/mol. The van der Waals surface area contributed by atoms with Crippen LogP contribution in [0.25, 0.3) is 0 Å². The van der Waals surface area contributed by atoms with Crippen LogP contribution >= 0.6 is 0 Å². The van der Waals surface area contributed by atoms with Crippen LogP contribution < -0.4 is 0 Å². The number of hydrogen-bond acceptors (Lipinski definition) is 3. The third kappa shape index (κ3) is 2.29. The van der Waals surface area contributed by atoms with Crippen LogP contribution in [0.3, 0.4) is 0 Å². The first-order valence-electron chi connectivity index (χ1n) is 7.95. The van der Waals surface area contributed by atoms with E-state index in [0.717, 1.165) is 25.6 Å². The van der Waals surface area contributed by atoms with E-state index in [1.807, 2.05) is 17.9 Å². The standard InChI is InChI=1S/C16H27N3O/c1-4-20-15-10-14(16(15)7-5-8-16)18(2)9-6-13-11-17-19(3)12-13/h11-12,14-15H,4-10H2,1-3H3/t14-,15-/m1/s1. The minimum atomic E-state index is 0.486. The first-order valence-corrected chi connectivity index (χ1v) is 7.95. The summed E-state index contributed by atoms with van der Waals surface area (Å²) in [5.74, 6) is 0. The normalized spacial score (nSPS) is 27.6. The highest BCUT2D eigenvalue weighted by Gasteiger charge is 2.59. The molecule has 2 fully saturated rings. The van der Waals surface area contributed by atoms with Crippen LogP contribution in [-0.4, -0.2) is 47.0 Å². The Balaban J connectivity index is 1.54. The summed E-state index contributed by atoms with van der Waals surface area (Å²) < 4.78 is 7.83. The lowest BCUT2D eigenvalue weighted by Crippen LogP contribution is -2.67. The van der Waals surface area contributed by atoms with Gasteiger partial charge in [-0.05, 0) is 45.2 Å². The maximum absolute atomic E-state index is 5.94. The molecule has 0 N–H and O–H groups in total. The topological polar surface area (TPSA) is 30.3 Å². The van der Waals surface area contributed by atoms with Gasteiger partial charge in [0.1, 0.15) is 0 Å². The first kappa shape index (κ1) is 14.1. The Kier molecular flexibility index (Phi) is 3.87. The monoisotopic (exact) mass is 277 g/mol. The van der Waals surface area contributed by atoms with Crippen LogP contribution in [0.1, 0.15) is 38.2 Å². The van der Waals surface area contributed by atoms with Crippen molar-refractivity contribution in [2.45, 2.75) is 51.2 Å². The fourth-order valence-electron chi connectivity index (χ4n) is 4.08. The van der Waals surface area contributed by atoms with Crippen LogP contribution in [0.15, 0.2) is 12.4 Å². The second-order valence-corrected chi connectivity index (χ2v) is 6.54. The number of hydrogen-bond donors (Lipinski definition) is 0. The maximum atomic E-state index is 5.94. The van der Waals surface area contributed by atoms with Crippen LogP contribution in [0.4, 0.5) is 0 Å². The first-order chi connectivity index (χ1) is 9.65. The Hall–Kier alpha value is -0.870. The van der Waals surface area contributed by atoms with Crippen molar-refractivity contribution in [3.8, 4) is 0 Å². The molecule has 3 rings (SSSR count). The lowest BCUT2D eigenvalue weighted by Gasteiger charge is -2.63. The number of ether oxygens (including phenoxy) is 1. The molecule has 2 atom stereocenters. The molecule has 2 saturated carbocycles. The summed E-state index contributed by atoms with van der Waals surface area (Å²) in [6, 6.07) is 0.726. The highest BCUT2D eigenvalue weighted by molar-refractivity contribution is 5.13. The molecule has 0 unspecified atom stereocenters. The van der Waals surface area contributed by atoms with Gasteiger partial charge in [0.15, 0.2) is 0 Å². The minimum Gasteiger partial charge on any atom is -0.378 e. The smallest absolute Gasteiger partial charge is 0.0661 e. The van der Waals surface area contributed by atoms with Gasteiger partial charge in [0.05, 0.1) is 12.3 Å². The van der Waals surface area contributed by atoms with Gasteiger partial charge in [0.25, 0.3) is 0 Å². The number of aryl methyl sites for hydroxylation is 1. The summed E-state index contributed by atoms with van der Waals surface area (Å²) in [7, 11) is 4.26. The molecule has 0 radical (unpaired) electrons. The molecule has 0 aromatic carbocycles. The summed E-state index contributed by atoms with van der Waals surface area (Å²) in [6.45, 7) is 4.10. The number of nitrogens with zero attached hydrogens (tertiary/aromatic N) is 3. The van der Waals surface area contributed by atoms with Crippen molar-refractivity contribution >= 4 is 0 Å². The Morgan fingerprint density at radius 3 is 2.85 bits per heavy atom. The molecule has 2 aliphatic rings. The van der Waals surface area contributed by atoms with E-state index < -0.39 is 0 Å².